The van der Waals surface area contributed by atoms with Gasteiger partial charge in [-0.3, -0.25) is 4.79 Å². The molecule has 4 nitrogen and oxygen atoms in total. The van der Waals surface area contributed by atoms with Gasteiger partial charge in [0.25, 0.3) is 0 Å². The van der Waals surface area contributed by atoms with Crippen molar-refractivity contribution < 1.29 is 14.3 Å². The summed E-state index contributed by atoms with van der Waals surface area (Å²) < 4.78 is 11.6. The predicted molar refractivity (Wildman–Crippen MR) is 74.3 cm³/mol. The first kappa shape index (κ1) is 13.1. The molecule has 1 amide bonds. The minimum absolute atomic E-state index is 0.0683. The molecule has 112 valence electrons. The van der Waals surface area contributed by atoms with Gasteiger partial charge in [-0.1, -0.05) is 0 Å². The van der Waals surface area contributed by atoms with Gasteiger partial charge in [-0.25, -0.2) is 0 Å². The van der Waals surface area contributed by atoms with Crippen molar-refractivity contribution in [2.75, 3.05) is 19.8 Å². The van der Waals surface area contributed by atoms with E-state index in [2.05, 4.69) is 18.7 Å². The Hall–Kier alpha value is -0.610. The normalized spacial score (nSPS) is 37.6. The van der Waals surface area contributed by atoms with Gasteiger partial charge in [-0.2, -0.15) is 0 Å². The molecule has 0 N–H and O–H groups in total. The molecule has 20 heavy (non-hydrogen) atoms. The number of morpholine rings is 1. The molecule has 0 spiro atoms. The third-order valence-corrected chi connectivity index (χ3v) is 5.58. The van der Waals surface area contributed by atoms with Crippen molar-refractivity contribution in [2.45, 2.75) is 63.7 Å². The van der Waals surface area contributed by atoms with Gasteiger partial charge in [0.2, 0.25) is 5.91 Å². The molecule has 2 saturated heterocycles. The average Bonchev–Trinajstić information content (AvgIpc) is 3.26. The summed E-state index contributed by atoms with van der Waals surface area (Å²) in [6.45, 7) is 6.14. The van der Waals surface area contributed by atoms with Crippen LogP contribution in [-0.4, -0.2) is 48.3 Å². The molecule has 0 bridgehead atoms. The highest BCUT2D eigenvalue weighted by Gasteiger charge is 2.56. The number of ether oxygens (including phenoxy) is 2. The van der Waals surface area contributed by atoms with Crippen LogP contribution in [0.25, 0.3) is 0 Å². The van der Waals surface area contributed by atoms with Gasteiger partial charge < -0.3 is 14.4 Å². The third kappa shape index (κ3) is 2.17. The zero-order chi connectivity index (χ0) is 14.0. The van der Waals surface area contributed by atoms with E-state index in [1.165, 1.54) is 25.7 Å². The summed E-state index contributed by atoms with van der Waals surface area (Å²) >= 11 is 0. The molecule has 0 aromatic carbocycles. The molecule has 0 aromatic rings. The lowest BCUT2D eigenvalue weighted by Crippen LogP contribution is -2.60. The van der Waals surface area contributed by atoms with E-state index in [1.54, 1.807) is 0 Å². The molecule has 4 heteroatoms. The lowest BCUT2D eigenvalue weighted by molar-refractivity contribution is -0.170. The number of carbonyl (C=O) groups is 1. The van der Waals surface area contributed by atoms with Crippen molar-refractivity contribution in [1.82, 2.24) is 4.90 Å². The van der Waals surface area contributed by atoms with Crippen LogP contribution in [0.3, 0.4) is 0 Å². The summed E-state index contributed by atoms with van der Waals surface area (Å²) in [5.74, 6) is 1.18. The Kier molecular flexibility index (Phi) is 2.75. The Morgan fingerprint density at radius 2 is 2.00 bits per heavy atom. The minimum atomic E-state index is -0.249. The molecule has 0 aromatic heterocycles. The van der Waals surface area contributed by atoms with Crippen LogP contribution in [0.1, 0.15) is 46.0 Å². The summed E-state index contributed by atoms with van der Waals surface area (Å²) in [7, 11) is 0. The smallest absolute Gasteiger partial charge is 0.223 e. The van der Waals surface area contributed by atoms with Gasteiger partial charge in [-0.15, -0.1) is 0 Å². The second-order valence-corrected chi connectivity index (χ2v) is 7.86. The Morgan fingerprint density at radius 3 is 2.65 bits per heavy atom. The van der Waals surface area contributed by atoms with Crippen LogP contribution in [0, 0.1) is 11.3 Å². The van der Waals surface area contributed by atoms with Crippen molar-refractivity contribution >= 4 is 5.91 Å². The SMILES string of the molecule is CC1(C)CN(C(=O)CC2(C3CC3)CC2)[C@@H]2COC[C@H]2O1. The van der Waals surface area contributed by atoms with E-state index in [-0.39, 0.29) is 17.7 Å². The molecule has 0 unspecified atom stereocenters. The lowest BCUT2D eigenvalue weighted by Gasteiger charge is -2.45. The fourth-order valence-electron chi connectivity index (χ4n) is 4.16. The van der Waals surface area contributed by atoms with Gasteiger partial charge >= 0.3 is 0 Å². The summed E-state index contributed by atoms with van der Waals surface area (Å²) in [5, 5.41) is 0. The number of carbonyl (C=O) groups excluding carboxylic acids is 1. The number of hydrogen-bond acceptors (Lipinski definition) is 3. The first-order valence-corrected chi connectivity index (χ1v) is 8.04. The second-order valence-electron chi connectivity index (χ2n) is 7.86. The standard InChI is InChI=1S/C16H25NO3/c1-15(2)10-17(12-8-19-9-13(12)20-15)14(18)7-16(5-6-16)11-3-4-11/h11-13H,3-10H2,1-2H3/t12-,13-/m1/s1. The Labute approximate surface area is 120 Å². The van der Waals surface area contributed by atoms with Crippen LogP contribution in [0.5, 0.6) is 0 Å². The maximum atomic E-state index is 12.8. The maximum absolute atomic E-state index is 12.8. The van der Waals surface area contributed by atoms with Crippen LogP contribution in [0.15, 0.2) is 0 Å². The Bertz CT molecular complexity index is 425. The van der Waals surface area contributed by atoms with Gasteiger partial charge in [0.05, 0.1) is 24.9 Å². The van der Waals surface area contributed by atoms with E-state index in [4.69, 9.17) is 9.47 Å². The van der Waals surface area contributed by atoms with Crippen LogP contribution < -0.4 is 0 Å². The van der Waals surface area contributed by atoms with E-state index in [1.807, 2.05) is 0 Å². The van der Waals surface area contributed by atoms with Crippen LogP contribution >= 0.6 is 0 Å². The van der Waals surface area contributed by atoms with Crippen molar-refractivity contribution in [3.8, 4) is 0 Å². The zero-order valence-corrected chi connectivity index (χ0v) is 12.6. The number of rotatable bonds is 3. The number of amides is 1. The van der Waals surface area contributed by atoms with Gasteiger partial charge in [0, 0.05) is 13.0 Å². The molecular formula is C16H25NO3. The molecular weight excluding hydrogens is 254 g/mol. The molecule has 2 heterocycles. The summed E-state index contributed by atoms with van der Waals surface area (Å²) in [6.07, 6.45) is 6.05. The highest BCUT2D eigenvalue weighted by Crippen LogP contribution is 2.63. The molecule has 2 saturated carbocycles. The molecule has 4 rings (SSSR count). The fraction of sp³-hybridized carbons (Fsp3) is 0.938. The highest BCUT2D eigenvalue weighted by atomic mass is 16.6. The van der Waals surface area contributed by atoms with Crippen molar-refractivity contribution in [3.05, 3.63) is 0 Å². The summed E-state index contributed by atoms with van der Waals surface area (Å²) in [6, 6.07) is 0.144. The van der Waals surface area contributed by atoms with E-state index in [0.717, 1.165) is 12.3 Å². The lowest BCUT2D eigenvalue weighted by atomic mass is 9.93. The molecule has 4 fully saturated rings. The van der Waals surface area contributed by atoms with E-state index in [0.29, 0.717) is 31.1 Å². The first-order chi connectivity index (χ1) is 9.49. The third-order valence-electron chi connectivity index (χ3n) is 5.58. The van der Waals surface area contributed by atoms with Gasteiger partial charge in [0.1, 0.15) is 6.10 Å². The van der Waals surface area contributed by atoms with Crippen molar-refractivity contribution in [3.63, 3.8) is 0 Å². The average molecular weight is 279 g/mol. The first-order valence-electron chi connectivity index (χ1n) is 8.04. The van der Waals surface area contributed by atoms with E-state index >= 15 is 0 Å². The Morgan fingerprint density at radius 1 is 1.25 bits per heavy atom. The molecule has 2 atom stereocenters. The number of nitrogens with zero attached hydrogens (tertiary/aromatic N) is 1. The quantitative estimate of drug-likeness (QED) is 0.793. The van der Waals surface area contributed by atoms with E-state index < -0.39 is 0 Å². The fourth-order valence-corrected chi connectivity index (χ4v) is 4.16. The molecule has 0 radical (unpaired) electrons. The number of hydrogen-bond donors (Lipinski definition) is 0. The second kappa shape index (κ2) is 4.20. The van der Waals surface area contributed by atoms with Gasteiger partial charge in [-0.05, 0) is 50.9 Å². The number of fused-ring (bicyclic) bond motifs is 1. The van der Waals surface area contributed by atoms with Crippen LogP contribution in [0.4, 0.5) is 0 Å². The predicted octanol–water partition coefficient (Wildman–Crippen LogP) is 1.97. The molecule has 2 aliphatic heterocycles. The maximum Gasteiger partial charge on any atom is 0.223 e. The van der Waals surface area contributed by atoms with E-state index in [9.17, 15) is 4.79 Å². The monoisotopic (exact) mass is 279 g/mol. The topological polar surface area (TPSA) is 38.8 Å². The van der Waals surface area contributed by atoms with Crippen LogP contribution in [0.2, 0.25) is 0 Å². The zero-order valence-electron chi connectivity index (χ0n) is 12.6. The van der Waals surface area contributed by atoms with Crippen LogP contribution in [-0.2, 0) is 14.3 Å². The largest absolute Gasteiger partial charge is 0.376 e. The van der Waals surface area contributed by atoms with Crippen molar-refractivity contribution in [1.29, 1.82) is 0 Å². The highest BCUT2D eigenvalue weighted by molar-refractivity contribution is 5.78. The summed E-state index contributed by atoms with van der Waals surface area (Å²) in [5.41, 5.74) is 0.134. The summed E-state index contributed by atoms with van der Waals surface area (Å²) in [4.78, 5) is 14.9. The van der Waals surface area contributed by atoms with Gasteiger partial charge in [0.15, 0.2) is 0 Å². The molecule has 4 aliphatic rings. The van der Waals surface area contributed by atoms with Crippen molar-refractivity contribution in [2.24, 2.45) is 11.3 Å². The Balaban J connectivity index is 1.49. The molecule has 2 aliphatic carbocycles. The minimum Gasteiger partial charge on any atom is -0.376 e.